The molecular weight excluding hydrogens is 681 g/mol. The van der Waals surface area contributed by atoms with Gasteiger partial charge in [0.05, 0.1) is 7.11 Å². The van der Waals surface area contributed by atoms with E-state index < -0.39 is 0 Å². The lowest BCUT2D eigenvalue weighted by Gasteiger charge is -2.60. The van der Waals surface area contributed by atoms with Gasteiger partial charge in [-0.1, -0.05) is 84.5 Å². The summed E-state index contributed by atoms with van der Waals surface area (Å²) in [5, 5.41) is 0. The fraction of sp³-hybridized carbons (Fsp3) is 0.648. The summed E-state index contributed by atoms with van der Waals surface area (Å²) in [5.74, 6) is 24.7. The number of fused-ring (bicyclic) bond motifs is 8. The van der Waals surface area contributed by atoms with Crippen LogP contribution in [0.1, 0.15) is 43.2 Å². The molecule has 0 saturated heterocycles. The Balaban J connectivity index is 0.930. The van der Waals surface area contributed by atoms with Crippen molar-refractivity contribution < 1.29 is 9.53 Å². The molecule has 56 heavy (non-hydrogen) atoms. The minimum absolute atomic E-state index is 0.0138. The van der Waals surface area contributed by atoms with E-state index in [1.54, 1.807) is 12.7 Å². The highest BCUT2D eigenvalue weighted by Gasteiger charge is 2.89. The molecule has 0 radical (unpaired) electrons. The Morgan fingerprint density at radius 2 is 1.16 bits per heavy atom. The van der Waals surface area contributed by atoms with E-state index in [9.17, 15) is 4.79 Å². The van der Waals surface area contributed by atoms with E-state index in [1.165, 1.54) is 24.8 Å². The van der Waals surface area contributed by atoms with Crippen LogP contribution >= 0.6 is 0 Å². The van der Waals surface area contributed by atoms with Crippen molar-refractivity contribution in [1.82, 2.24) is 0 Å². The molecule has 1 aromatic rings. The van der Waals surface area contributed by atoms with Crippen LogP contribution in [0.2, 0.25) is 0 Å². The molecule has 2 heteroatoms. The highest BCUT2D eigenvalue weighted by atomic mass is 16.5. The highest BCUT2D eigenvalue weighted by Crippen LogP contribution is 2.93. The second-order valence-electron chi connectivity index (χ2n) is 23.7. The molecule has 17 aliphatic rings. The predicted octanol–water partition coefficient (Wildman–Crippen LogP) is 9.44. The van der Waals surface area contributed by atoms with Gasteiger partial charge in [0, 0.05) is 11.8 Å². The van der Waals surface area contributed by atoms with E-state index in [0.29, 0.717) is 6.42 Å². The summed E-state index contributed by atoms with van der Waals surface area (Å²) in [5.41, 5.74) is 11.7. The Morgan fingerprint density at radius 1 is 0.607 bits per heavy atom. The third-order valence-corrected chi connectivity index (χ3v) is 24.3. The lowest BCUT2D eigenvalue weighted by atomic mass is 9.44. The van der Waals surface area contributed by atoms with Gasteiger partial charge in [-0.15, -0.1) is 0 Å². The first kappa shape index (κ1) is 29.4. The van der Waals surface area contributed by atoms with Gasteiger partial charge < -0.3 is 4.74 Å². The molecule has 29 unspecified atom stereocenters. The molecule has 0 spiro atoms. The van der Waals surface area contributed by atoms with Crippen LogP contribution in [0.15, 0.2) is 89.6 Å². The zero-order chi connectivity index (χ0) is 35.7. The molecule has 29 atom stereocenters. The molecule has 11 saturated carbocycles. The molecule has 0 N–H and O–H groups in total. The average molecular weight is 735 g/mol. The molecule has 0 aliphatic heterocycles. The van der Waals surface area contributed by atoms with Crippen molar-refractivity contribution in [3.05, 3.63) is 101 Å². The molecule has 2 nitrogen and oxygen atoms in total. The van der Waals surface area contributed by atoms with Crippen molar-refractivity contribution in [2.75, 3.05) is 7.11 Å². The van der Waals surface area contributed by atoms with Crippen molar-refractivity contribution in [2.24, 2.45) is 166 Å². The van der Waals surface area contributed by atoms with Gasteiger partial charge in [0.15, 0.2) is 0 Å². The van der Waals surface area contributed by atoms with Gasteiger partial charge in [-0.3, -0.25) is 4.79 Å². The van der Waals surface area contributed by atoms with Gasteiger partial charge >= 0.3 is 5.97 Å². The Morgan fingerprint density at radius 3 is 1.86 bits per heavy atom. The van der Waals surface area contributed by atoms with Crippen molar-refractivity contribution >= 4 is 12.0 Å². The van der Waals surface area contributed by atoms with Crippen molar-refractivity contribution in [3.8, 4) is 0 Å². The number of benzene rings is 1. The first-order valence-corrected chi connectivity index (χ1v) is 24.0. The van der Waals surface area contributed by atoms with Crippen LogP contribution < -0.4 is 0 Å². The SMILES string of the molecule is C=Cc1ccc(C2(CCCC(=O)OC)C3C4C5C=CC6C7C=CC8C9C=CC%10C%11CCC%12C%13C%11C%11C%14C%15=C(C8C7C7=C%15C8C%14C%13C(C4C8C5C76)C%12C32)C9C%10%11)cc1. The monoisotopic (exact) mass is 734 g/mol. The molecule has 0 bridgehead atoms. The minimum Gasteiger partial charge on any atom is -0.469 e. The van der Waals surface area contributed by atoms with E-state index in [0.717, 1.165) is 172 Å². The molecule has 0 aromatic heterocycles. The predicted molar refractivity (Wildman–Crippen MR) is 213 cm³/mol. The third-order valence-electron chi connectivity index (χ3n) is 24.3. The number of ether oxygens (including phenoxy) is 1. The Kier molecular flexibility index (Phi) is 4.56. The lowest BCUT2D eigenvalue weighted by molar-refractivity contribution is -0.140. The van der Waals surface area contributed by atoms with Crippen LogP contribution in [-0.2, 0) is 14.9 Å². The minimum atomic E-state index is -0.0138. The van der Waals surface area contributed by atoms with Gasteiger partial charge in [-0.25, -0.2) is 0 Å². The summed E-state index contributed by atoms with van der Waals surface area (Å²) in [6.07, 6.45) is 25.2. The zero-order valence-electron chi connectivity index (χ0n) is 32.6. The smallest absolute Gasteiger partial charge is 0.305 e. The van der Waals surface area contributed by atoms with Gasteiger partial charge in [0.2, 0.25) is 0 Å². The van der Waals surface area contributed by atoms with Gasteiger partial charge in [-0.2, -0.15) is 0 Å². The maximum atomic E-state index is 12.8. The third kappa shape index (κ3) is 2.51. The molecular formula is C54H54O2. The maximum Gasteiger partial charge on any atom is 0.305 e. The number of rotatable bonds is 6. The van der Waals surface area contributed by atoms with E-state index in [4.69, 9.17) is 4.74 Å². The lowest BCUT2D eigenvalue weighted by Crippen LogP contribution is -2.56. The largest absolute Gasteiger partial charge is 0.469 e. The Bertz CT molecular complexity index is 2350. The standard InChI is InChI=1S/C54H54O2/c1-3-19-6-8-20(9-7-19)54(18-4-5-29(55)56-2)52-38-27-16-14-25-23-12-10-21-22-11-13-24-26-15-17-28-37-35(26)42-33(24)31(22)40-30(21)32(23)41-34(25)36(27)43-45(38)46(39(28)53(52)54)44(37)51-49(42)47(40)48(41)50(43)51/h3,6-14,16,21-28,30-39,42-46,49-53H,1,4-5,15,17-18H2,2H3. The fourth-order valence-electron chi connectivity index (χ4n) is 24.8. The topological polar surface area (TPSA) is 26.3 Å². The molecule has 17 aliphatic carbocycles. The Hall–Kier alpha value is -2.87. The van der Waals surface area contributed by atoms with Crippen LogP contribution in [0.25, 0.3) is 6.08 Å². The van der Waals surface area contributed by atoms with Crippen LogP contribution in [0, 0.1) is 166 Å². The quantitative estimate of drug-likeness (QED) is 0.215. The van der Waals surface area contributed by atoms with Crippen molar-refractivity contribution in [1.29, 1.82) is 0 Å². The van der Waals surface area contributed by atoms with Crippen LogP contribution in [0.4, 0.5) is 0 Å². The normalized spacial score (nSPS) is 65.2. The fourth-order valence-corrected chi connectivity index (χ4v) is 24.8. The molecule has 282 valence electrons. The first-order valence-electron chi connectivity index (χ1n) is 24.0. The Labute approximate surface area is 331 Å². The summed E-state index contributed by atoms with van der Waals surface area (Å²) in [7, 11) is 1.59. The van der Waals surface area contributed by atoms with Crippen molar-refractivity contribution in [2.45, 2.75) is 37.5 Å². The second-order valence-corrected chi connectivity index (χ2v) is 23.7. The number of carbonyl (C=O) groups excluding carboxylic acids is 1. The molecule has 0 amide bonds. The summed E-state index contributed by atoms with van der Waals surface area (Å²) in [6.45, 7) is 4.16. The summed E-state index contributed by atoms with van der Waals surface area (Å²) < 4.78 is 5.30. The van der Waals surface area contributed by atoms with E-state index in [2.05, 4.69) is 89.6 Å². The zero-order valence-corrected chi connectivity index (χ0v) is 32.6. The number of allylic oxidation sites excluding steroid dienone is 10. The van der Waals surface area contributed by atoms with Gasteiger partial charge in [0.25, 0.3) is 0 Å². The van der Waals surface area contributed by atoms with E-state index in [1.807, 2.05) is 6.08 Å². The van der Waals surface area contributed by atoms with E-state index >= 15 is 0 Å². The van der Waals surface area contributed by atoms with Crippen molar-refractivity contribution in [3.63, 3.8) is 0 Å². The molecule has 11 fully saturated rings. The molecule has 0 heterocycles. The van der Waals surface area contributed by atoms with Crippen LogP contribution in [0.5, 0.6) is 0 Å². The number of hydrogen-bond donors (Lipinski definition) is 0. The van der Waals surface area contributed by atoms with Crippen LogP contribution in [0.3, 0.4) is 0 Å². The second kappa shape index (κ2) is 8.70. The van der Waals surface area contributed by atoms with E-state index in [-0.39, 0.29) is 11.4 Å². The summed E-state index contributed by atoms with van der Waals surface area (Å²) >= 11 is 0. The summed E-state index contributed by atoms with van der Waals surface area (Å²) in [4.78, 5) is 12.8. The van der Waals surface area contributed by atoms with Gasteiger partial charge in [0.1, 0.15) is 0 Å². The number of methoxy groups -OCH3 is 1. The highest BCUT2D eigenvalue weighted by molar-refractivity contribution is 5.69. The molecule has 18 rings (SSSR count). The number of esters is 1. The number of hydrogen-bond acceptors (Lipinski definition) is 2. The summed E-state index contributed by atoms with van der Waals surface area (Å²) in [6, 6.07) is 9.88. The van der Waals surface area contributed by atoms with Crippen LogP contribution in [-0.4, -0.2) is 13.1 Å². The maximum absolute atomic E-state index is 12.8. The average Bonchev–Trinajstić information content (AvgIpc) is 3.84. The molecule has 1 aromatic carbocycles. The van der Waals surface area contributed by atoms with Gasteiger partial charge in [-0.05, 0) is 214 Å². The first-order chi connectivity index (χ1) is 27.7. The number of carbonyl (C=O) groups is 1.